The zero-order valence-electron chi connectivity index (χ0n) is 19.0. The maximum absolute atomic E-state index is 12.6. The Morgan fingerprint density at radius 1 is 0.871 bits per heavy atom. The molecule has 2 aromatic carbocycles. The Hall–Kier alpha value is -2.17. The summed E-state index contributed by atoms with van der Waals surface area (Å²) in [4.78, 5) is 17.7. The van der Waals surface area contributed by atoms with E-state index in [1.54, 1.807) is 0 Å². The molecule has 1 atom stereocenters. The molecule has 0 aliphatic carbocycles. The molecule has 1 amide bonds. The first-order chi connectivity index (χ1) is 15.2. The molecule has 2 aliphatic rings. The van der Waals surface area contributed by atoms with Crippen molar-refractivity contribution < 1.29 is 4.79 Å². The van der Waals surface area contributed by atoms with Crippen molar-refractivity contribution in [3.63, 3.8) is 0 Å². The summed E-state index contributed by atoms with van der Waals surface area (Å²) in [5.74, 6) is 0.794. The van der Waals surface area contributed by atoms with Gasteiger partial charge in [-0.25, -0.2) is 0 Å². The Kier molecular flexibility index (Phi) is 7.76. The SMILES string of the molecule is CC1CCCN(Cc2cccc(CNC(=O)c3ccc(CN4CCCCC4)cc3)c2)C1. The second-order valence-corrected chi connectivity index (χ2v) is 9.52. The van der Waals surface area contributed by atoms with E-state index in [1.165, 1.54) is 69.4 Å². The lowest BCUT2D eigenvalue weighted by Crippen LogP contribution is -2.33. The van der Waals surface area contributed by atoms with Crippen LogP contribution >= 0.6 is 0 Å². The third-order valence-corrected chi connectivity index (χ3v) is 6.66. The van der Waals surface area contributed by atoms with Crippen molar-refractivity contribution >= 4 is 5.91 Å². The summed E-state index contributed by atoms with van der Waals surface area (Å²) >= 11 is 0. The predicted octanol–water partition coefficient (Wildman–Crippen LogP) is 4.83. The van der Waals surface area contributed by atoms with Crippen LogP contribution in [0.25, 0.3) is 0 Å². The van der Waals surface area contributed by atoms with Crippen molar-refractivity contribution in [3.05, 3.63) is 70.8 Å². The number of carbonyl (C=O) groups excluding carboxylic acids is 1. The largest absolute Gasteiger partial charge is 0.348 e. The normalized spacial score (nSPS) is 20.5. The van der Waals surface area contributed by atoms with Gasteiger partial charge in [0, 0.05) is 31.7 Å². The van der Waals surface area contributed by atoms with E-state index >= 15 is 0 Å². The van der Waals surface area contributed by atoms with Crippen LogP contribution in [0.3, 0.4) is 0 Å². The maximum Gasteiger partial charge on any atom is 0.251 e. The van der Waals surface area contributed by atoms with E-state index in [-0.39, 0.29) is 5.91 Å². The van der Waals surface area contributed by atoms with Crippen molar-refractivity contribution in [1.29, 1.82) is 0 Å². The lowest BCUT2D eigenvalue weighted by molar-refractivity contribution is 0.0951. The van der Waals surface area contributed by atoms with E-state index < -0.39 is 0 Å². The van der Waals surface area contributed by atoms with E-state index in [4.69, 9.17) is 0 Å². The van der Waals surface area contributed by atoms with Gasteiger partial charge in [-0.05, 0) is 80.1 Å². The van der Waals surface area contributed by atoms with Gasteiger partial charge < -0.3 is 5.32 Å². The molecule has 2 saturated heterocycles. The molecule has 2 aliphatic heterocycles. The number of hydrogen-bond donors (Lipinski definition) is 1. The van der Waals surface area contributed by atoms with Gasteiger partial charge >= 0.3 is 0 Å². The second-order valence-electron chi connectivity index (χ2n) is 9.52. The first-order valence-electron chi connectivity index (χ1n) is 12.1. The molecule has 31 heavy (non-hydrogen) atoms. The number of hydrogen-bond acceptors (Lipinski definition) is 3. The highest BCUT2D eigenvalue weighted by Gasteiger charge is 2.16. The Balaban J connectivity index is 1.27. The van der Waals surface area contributed by atoms with Crippen molar-refractivity contribution in [2.75, 3.05) is 26.2 Å². The van der Waals surface area contributed by atoms with Crippen LogP contribution in [-0.2, 0) is 19.6 Å². The molecule has 166 valence electrons. The molecule has 4 rings (SSSR count). The summed E-state index contributed by atoms with van der Waals surface area (Å²) in [6, 6.07) is 16.8. The summed E-state index contributed by atoms with van der Waals surface area (Å²) in [5.41, 5.74) is 4.53. The number of nitrogens with zero attached hydrogens (tertiary/aromatic N) is 2. The quantitative estimate of drug-likeness (QED) is 0.698. The minimum Gasteiger partial charge on any atom is -0.348 e. The Bertz CT molecular complexity index is 842. The van der Waals surface area contributed by atoms with Crippen molar-refractivity contribution in [2.45, 2.75) is 58.7 Å². The minimum atomic E-state index is -0.000203. The van der Waals surface area contributed by atoms with Crippen LogP contribution < -0.4 is 5.32 Å². The number of carbonyl (C=O) groups is 1. The van der Waals surface area contributed by atoms with Crippen LogP contribution in [0.5, 0.6) is 0 Å². The van der Waals surface area contributed by atoms with Gasteiger partial charge in [-0.15, -0.1) is 0 Å². The topological polar surface area (TPSA) is 35.6 Å². The molecule has 0 aromatic heterocycles. The molecule has 0 saturated carbocycles. The third-order valence-electron chi connectivity index (χ3n) is 6.66. The van der Waals surface area contributed by atoms with Crippen LogP contribution in [0.15, 0.2) is 48.5 Å². The van der Waals surface area contributed by atoms with Gasteiger partial charge in [0.05, 0.1) is 0 Å². The molecule has 4 heteroatoms. The lowest BCUT2D eigenvalue weighted by atomic mass is 9.99. The summed E-state index contributed by atoms with van der Waals surface area (Å²) < 4.78 is 0. The molecule has 4 nitrogen and oxygen atoms in total. The third kappa shape index (κ3) is 6.65. The van der Waals surface area contributed by atoms with Gasteiger partial charge in [0.15, 0.2) is 0 Å². The molecule has 1 N–H and O–H groups in total. The van der Waals surface area contributed by atoms with Crippen molar-refractivity contribution in [2.24, 2.45) is 5.92 Å². The molecule has 2 heterocycles. The number of nitrogens with one attached hydrogen (secondary N) is 1. The highest BCUT2D eigenvalue weighted by Crippen LogP contribution is 2.18. The van der Waals surface area contributed by atoms with E-state index in [0.717, 1.165) is 30.1 Å². The minimum absolute atomic E-state index is 0.000203. The molecular formula is C27H37N3O. The van der Waals surface area contributed by atoms with Crippen LogP contribution in [0.4, 0.5) is 0 Å². The lowest BCUT2D eigenvalue weighted by Gasteiger charge is -2.30. The van der Waals surface area contributed by atoms with Crippen molar-refractivity contribution in [3.8, 4) is 0 Å². The molecule has 1 unspecified atom stereocenters. The fraction of sp³-hybridized carbons (Fsp3) is 0.519. The molecule has 2 fully saturated rings. The second kappa shape index (κ2) is 10.9. The Labute approximate surface area is 187 Å². The molecule has 0 spiro atoms. The highest BCUT2D eigenvalue weighted by molar-refractivity contribution is 5.94. The van der Waals surface area contributed by atoms with Gasteiger partial charge in [0.1, 0.15) is 0 Å². The van der Waals surface area contributed by atoms with E-state index in [1.807, 2.05) is 12.1 Å². The maximum atomic E-state index is 12.6. The fourth-order valence-electron chi connectivity index (χ4n) is 4.95. The zero-order chi connectivity index (χ0) is 21.5. The predicted molar refractivity (Wildman–Crippen MR) is 127 cm³/mol. The standard InChI is InChI=1S/C27H37N3O/c1-22-7-6-16-30(19-22)21-25-9-5-8-24(17-25)18-28-27(31)26-12-10-23(11-13-26)20-29-14-3-2-4-15-29/h5,8-13,17,22H,2-4,6-7,14-16,18-21H2,1H3,(H,28,31). The van der Waals surface area contributed by atoms with E-state index in [2.05, 4.69) is 58.4 Å². The Morgan fingerprint density at radius 2 is 1.58 bits per heavy atom. The number of likely N-dealkylation sites (tertiary alicyclic amines) is 2. The number of rotatable bonds is 7. The van der Waals surface area contributed by atoms with Gasteiger partial charge in [-0.1, -0.05) is 49.7 Å². The van der Waals surface area contributed by atoms with Gasteiger partial charge in [-0.3, -0.25) is 14.6 Å². The van der Waals surface area contributed by atoms with Crippen LogP contribution in [-0.4, -0.2) is 41.9 Å². The van der Waals surface area contributed by atoms with Crippen LogP contribution in [0.2, 0.25) is 0 Å². The van der Waals surface area contributed by atoms with Crippen molar-refractivity contribution in [1.82, 2.24) is 15.1 Å². The average molecular weight is 420 g/mol. The number of piperidine rings is 2. The van der Waals surface area contributed by atoms with Crippen LogP contribution in [0.1, 0.15) is 66.1 Å². The Morgan fingerprint density at radius 3 is 2.35 bits per heavy atom. The molecule has 0 radical (unpaired) electrons. The summed E-state index contributed by atoms with van der Waals surface area (Å²) in [6.07, 6.45) is 6.61. The monoisotopic (exact) mass is 419 g/mol. The number of benzene rings is 2. The molecule has 0 bridgehead atoms. The summed E-state index contributed by atoms with van der Waals surface area (Å²) in [7, 11) is 0. The molecule has 2 aromatic rings. The highest BCUT2D eigenvalue weighted by atomic mass is 16.1. The van der Waals surface area contributed by atoms with Crippen LogP contribution in [0, 0.1) is 5.92 Å². The zero-order valence-corrected chi connectivity index (χ0v) is 19.0. The molecular weight excluding hydrogens is 382 g/mol. The smallest absolute Gasteiger partial charge is 0.251 e. The fourth-order valence-corrected chi connectivity index (χ4v) is 4.95. The van der Waals surface area contributed by atoms with E-state index in [9.17, 15) is 4.79 Å². The first-order valence-corrected chi connectivity index (χ1v) is 12.1. The van der Waals surface area contributed by atoms with E-state index in [0.29, 0.717) is 6.54 Å². The first kappa shape index (κ1) is 22.0. The van der Waals surface area contributed by atoms with Gasteiger partial charge in [-0.2, -0.15) is 0 Å². The average Bonchev–Trinajstić information content (AvgIpc) is 2.79. The summed E-state index contributed by atoms with van der Waals surface area (Å²) in [6.45, 7) is 9.68. The number of amides is 1. The summed E-state index contributed by atoms with van der Waals surface area (Å²) in [5, 5.41) is 3.09. The van der Waals surface area contributed by atoms with Gasteiger partial charge in [0.25, 0.3) is 5.91 Å². The van der Waals surface area contributed by atoms with Gasteiger partial charge in [0.2, 0.25) is 0 Å².